The molecule has 3 N–H and O–H groups in total. The van der Waals surface area contributed by atoms with E-state index >= 15 is 0 Å². The number of benzene rings is 1. The average molecular weight is 345 g/mol. The Hall–Kier alpha value is -3.32. The number of nitrogens with one attached hydrogen (secondary N) is 1. The van der Waals surface area contributed by atoms with Crippen LogP contribution in [-0.4, -0.2) is 31.6 Å². The molecule has 0 radical (unpaired) electrons. The number of imidazole rings is 1. The van der Waals surface area contributed by atoms with Crippen molar-refractivity contribution in [3.8, 4) is 22.5 Å². The number of aryl methyl sites for hydroxylation is 1. The Kier molecular flexibility index (Phi) is 4.06. The fraction of sp³-hybridized carbons (Fsp3) is 0.158. The number of fused-ring (bicyclic) bond motifs is 1. The first kappa shape index (κ1) is 16.2. The third kappa shape index (κ3) is 2.78. The summed E-state index contributed by atoms with van der Waals surface area (Å²) in [5.74, 6) is 1.04. The third-order valence-corrected chi connectivity index (χ3v) is 4.34. The van der Waals surface area contributed by atoms with E-state index in [1.807, 2.05) is 30.9 Å². The molecule has 0 atom stereocenters. The lowest BCUT2D eigenvalue weighted by atomic mass is 10.0. The summed E-state index contributed by atoms with van der Waals surface area (Å²) < 4.78 is 1.93. The maximum absolute atomic E-state index is 5.72. The molecule has 0 saturated carbocycles. The van der Waals surface area contributed by atoms with Gasteiger partial charge in [-0.3, -0.25) is 4.98 Å². The number of nitrogens with two attached hydrogens (primary N) is 1. The molecule has 4 rings (SSSR count). The summed E-state index contributed by atoms with van der Waals surface area (Å²) in [6, 6.07) is 10.4. The molecule has 7 nitrogen and oxygen atoms in total. The highest BCUT2D eigenvalue weighted by atomic mass is 15.1. The lowest BCUT2D eigenvalue weighted by molar-refractivity contribution is 0.818. The van der Waals surface area contributed by atoms with Gasteiger partial charge < -0.3 is 15.6 Å². The minimum Gasteiger partial charge on any atom is -0.368 e. The van der Waals surface area contributed by atoms with Crippen LogP contribution in [0.1, 0.15) is 5.56 Å². The van der Waals surface area contributed by atoms with Crippen molar-refractivity contribution in [1.29, 1.82) is 0 Å². The summed E-state index contributed by atoms with van der Waals surface area (Å²) in [5.41, 5.74) is 11.5. The lowest BCUT2D eigenvalue weighted by Gasteiger charge is -2.10. The summed E-state index contributed by atoms with van der Waals surface area (Å²) >= 11 is 0. The van der Waals surface area contributed by atoms with Crippen molar-refractivity contribution in [3.05, 3.63) is 54.5 Å². The summed E-state index contributed by atoms with van der Waals surface area (Å²) in [7, 11) is 3.87. The Morgan fingerprint density at radius 3 is 2.62 bits per heavy atom. The largest absolute Gasteiger partial charge is 0.368 e. The normalized spacial score (nSPS) is 11.2. The Morgan fingerprint density at radius 1 is 1.04 bits per heavy atom. The summed E-state index contributed by atoms with van der Waals surface area (Å²) in [6.07, 6.45) is 5.28. The average Bonchev–Trinajstić information content (AvgIpc) is 2.99. The fourth-order valence-corrected chi connectivity index (χ4v) is 3.06. The molecular weight excluding hydrogens is 326 g/mol. The lowest BCUT2D eigenvalue weighted by Crippen LogP contribution is -2.04. The predicted octanol–water partition coefficient (Wildman–Crippen LogP) is 2.39. The van der Waals surface area contributed by atoms with Crippen LogP contribution in [0.2, 0.25) is 0 Å². The quantitative estimate of drug-likeness (QED) is 0.590. The third-order valence-electron chi connectivity index (χ3n) is 4.34. The molecule has 3 heterocycles. The molecule has 0 amide bonds. The second-order valence-electron chi connectivity index (χ2n) is 6.08. The van der Waals surface area contributed by atoms with Gasteiger partial charge in [0.2, 0.25) is 5.95 Å². The van der Waals surface area contributed by atoms with Crippen LogP contribution in [0, 0.1) is 0 Å². The van der Waals surface area contributed by atoms with Gasteiger partial charge in [0.15, 0.2) is 5.65 Å². The number of hydrogen-bond donors (Lipinski definition) is 2. The zero-order valence-corrected chi connectivity index (χ0v) is 14.6. The van der Waals surface area contributed by atoms with Crippen molar-refractivity contribution in [2.45, 2.75) is 6.54 Å². The van der Waals surface area contributed by atoms with Gasteiger partial charge >= 0.3 is 0 Å². The number of rotatable bonds is 4. The molecule has 0 spiro atoms. The first-order valence-corrected chi connectivity index (χ1v) is 8.30. The highest BCUT2D eigenvalue weighted by Crippen LogP contribution is 2.32. The van der Waals surface area contributed by atoms with E-state index in [1.165, 1.54) is 5.56 Å². The summed E-state index contributed by atoms with van der Waals surface area (Å²) in [4.78, 5) is 17.3. The molecule has 1 aromatic carbocycles. The number of nitrogens with zero attached hydrogens (tertiary/aromatic N) is 5. The van der Waals surface area contributed by atoms with Gasteiger partial charge in [0.25, 0.3) is 0 Å². The Labute approximate surface area is 151 Å². The van der Waals surface area contributed by atoms with Gasteiger partial charge in [0.05, 0.1) is 6.20 Å². The molecule has 7 heteroatoms. The number of pyridine rings is 1. The maximum atomic E-state index is 5.72. The van der Waals surface area contributed by atoms with Crippen LogP contribution in [0.3, 0.4) is 0 Å². The molecule has 0 aliphatic rings. The number of anilines is 1. The first-order valence-electron chi connectivity index (χ1n) is 8.30. The molecule has 0 bridgehead atoms. The Bertz CT molecular complexity index is 1070. The van der Waals surface area contributed by atoms with Crippen LogP contribution in [0.4, 0.5) is 5.95 Å². The molecule has 26 heavy (non-hydrogen) atoms. The predicted molar refractivity (Wildman–Crippen MR) is 102 cm³/mol. The molecular formula is C19H19N7. The standard InChI is InChI=1S/C19H19N7/c1-21-9-12-3-5-13(6-4-12)15-10-22-8-7-14(15)17-24-16-11-23-19(20)25-18(16)26(17)2/h3-8,10-11,21H,9H2,1-2H3,(H2,20,23,25). The second kappa shape index (κ2) is 6.53. The van der Waals surface area contributed by atoms with Crippen LogP contribution < -0.4 is 11.1 Å². The van der Waals surface area contributed by atoms with E-state index in [0.29, 0.717) is 11.2 Å². The minimum absolute atomic E-state index is 0.238. The SMILES string of the molecule is CNCc1ccc(-c2cnccc2-c2nc3cnc(N)nc3n2C)cc1. The Balaban J connectivity index is 1.85. The molecule has 4 aromatic rings. The van der Waals surface area contributed by atoms with Crippen LogP contribution in [-0.2, 0) is 13.6 Å². The molecule has 0 aliphatic heterocycles. The molecule has 0 saturated heterocycles. The molecule has 0 fully saturated rings. The number of hydrogen-bond acceptors (Lipinski definition) is 6. The summed E-state index contributed by atoms with van der Waals surface area (Å²) in [5, 5.41) is 3.16. The molecule has 0 aliphatic carbocycles. The van der Waals surface area contributed by atoms with Crippen molar-refractivity contribution >= 4 is 17.1 Å². The monoisotopic (exact) mass is 345 g/mol. The summed E-state index contributed by atoms with van der Waals surface area (Å²) in [6.45, 7) is 0.838. The van der Waals surface area contributed by atoms with Crippen molar-refractivity contribution in [1.82, 2.24) is 29.8 Å². The smallest absolute Gasteiger partial charge is 0.222 e. The zero-order valence-electron chi connectivity index (χ0n) is 14.6. The van der Waals surface area contributed by atoms with E-state index in [4.69, 9.17) is 10.7 Å². The molecule has 3 aromatic heterocycles. The molecule has 130 valence electrons. The van der Waals surface area contributed by atoms with Gasteiger partial charge in [0.1, 0.15) is 11.3 Å². The van der Waals surface area contributed by atoms with Crippen molar-refractivity contribution in [2.75, 3.05) is 12.8 Å². The first-order chi connectivity index (χ1) is 12.7. The van der Waals surface area contributed by atoms with E-state index < -0.39 is 0 Å². The highest BCUT2D eigenvalue weighted by molar-refractivity contribution is 5.84. The van der Waals surface area contributed by atoms with Gasteiger partial charge in [-0.2, -0.15) is 4.98 Å². The van der Waals surface area contributed by atoms with E-state index in [0.717, 1.165) is 29.1 Å². The van der Waals surface area contributed by atoms with Crippen LogP contribution in [0.5, 0.6) is 0 Å². The number of aromatic nitrogens is 5. The Morgan fingerprint density at radius 2 is 1.85 bits per heavy atom. The van der Waals surface area contributed by atoms with Gasteiger partial charge in [-0.25, -0.2) is 9.97 Å². The van der Waals surface area contributed by atoms with Gasteiger partial charge in [0, 0.05) is 37.1 Å². The highest BCUT2D eigenvalue weighted by Gasteiger charge is 2.16. The second-order valence-corrected chi connectivity index (χ2v) is 6.08. The fourth-order valence-electron chi connectivity index (χ4n) is 3.06. The van der Waals surface area contributed by atoms with Crippen molar-refractivity contribution < 1.29 is 0 Å². The van der Waals surface area contributed by atoms with Crippen LogP contribution in [0.15, 0.2) is 48.9 Å². The van der Waals surface area contributed by atoms with Gasteiger partial charge in [-0.1, -0.05) is 24.3 Å². The minimum atomic E-state index is 0.238. The van der Waals surface area contributed by atoms with Crippen LogP contribution >= 0.6 is 0 Å². The van der Waals surface area contributed by atoms with Crippen molar-refractivity contribution in [2.24, 2.45) is 7.05 Å². The van der Waals surface area contributed by atoms with Gasteiger partial charge in [-0.05, 0) is 24.2 Å². The molecule has 0 unspecified atom stereocenters. The zero-order chi connectivity index (χ0) is 18.1. The van der Waals surface area contributed by atoms with E-state index in [9.17, 15) is 0 Å². The topological polar surface area (TPSA) is 94.5 Å². The van der Waals surface area contributed by atoms with E-state index in [-0.39, 0.29) is 5.95 Å². The van der Waals surface area contributed by atoms with E-state index in [2.05, 4.69) is 44.5 Å². The van der Waals surface area contributed by atoms with Crippen molar-refractivity contribution in [3.63, 3.8) is 0 Å². The van der Waals surface area contributed by atoms with Gasteiger partial charge in [-0.15, -0.1) is 0 Å². The van der Waals surface area contributed by atoms with E-state index in [1.54, 1.807) is 12.4 Å². The number of nitrogen functional groups attached to an aromatic ring is 1. The maximum Gasteiger partial charge on any atom is 0.222 e. The van der Waals surface area contributed by atoms with Crippen LogP contribution in [0.25, 0.3) is 33.7 Å².